The molecule has 0 aliphatic heterocycles. The summed E-state index contributed by atoms with van der Waals surface area (Å²) in [5.74, 6) is 0.790. The van der Waals surface area contributed by atoms with Crippen molar-refractivity contribution in [1.82, 2.24) is 4.98 Å². The van der Waals surface area contributed by atoms with Gasteiger partial charge < -0.3 is 10.2 Å². The van der Waals surface area contributed by atoms with Crippen molar-refractivity contribution >= 4 is 5.69 Å². The molecule has 1 heterocycles. The number of hydrogen-bond acceptors (Lipinski definition) is 3. The summed E-state index contributed by atoms with van der Waals surface area (Å²) in [5, 5.41) is 0. The van der Waals surface area contributed by atoms with E-state index in [2.05, 4.69) is 4.98 Å². The van der Waals surface area contributed by atoms with Crippen LogP contribution in [-0.4, -0.2) is 4.98 Å². The average molecular weight is 174 g/mol. The van der Waals surface area contributed by atoms with Gasteiger partial charge in [0, 0.05) is 11.3 Å². The molecule has 0 amide bonds. The molecule has 1 aromatic carbocycles. The Morgan fingerprint density at radius 2 is 2.08 bits per heavy atom. The zero-order valence-corrected chi connectivity index (χ0v) is 7.32. The van der Waals surface area contributed by atoms with E-state index in [1.165, 1.54) is 6.39 Å². The van der Waals surface area contributed by atoms with Crippen molar-refractivity contribution in [2.24, 2.45) is 0 Å². The molecule has 0 aliphatic carbocycles. The maximum Gasteiger partial charge on any atom is 0.181 e. The number of aryl methyl sites for hydroxylation is 1. The van der Waals surface area contributed by atoms with Gasteiger partial charge in [-0.05, 0) is 13.0 Å². The SMILES string of the molecule is Cc1ocnc1-c1ccccc1N. The third-order valence-electron chi connectivity index (χ3n) is 1.96. The number of rotatable bonds is 1. The van der Waals surface area contributed by atoms with Crippen molar-refractivity contribution in [2.75, 3.05) is 5.73 Å². The predicted molar refractivity (Wildman–Crippen MR) is 51.1 cm³/mol. The van der Waals surface area contributed by atoms with Crippen molar-refractivity contribution in [3.8, 4) is 11.3 Å². The number of benzene rings is 1. The molecule has 0 atom stereocenters. The second-order valence-electron chi connectivity index (χ2n) is 2.84. The van der Waals surface area contributed by atoms with Crippen molar-refractivity contribution in [2.45, 2.75) is 6.92 Å². The molecule has 2 aromatic rings. The smallest absolute Gasteiger partial charge is 0.181 e. The Kier molecular flexibility index (Phi) is 1.77. The number of hydrogen-bond donors (Lipinski definition) is 1. The zero-order chi connectivity index (χ0) is 9.26. The minimum absolute atomic E-state index is 0.722. The predicted octanol–water partition coefficient (Wildman–Crippen LogP) is 2.23. The van der Waals surface area contributed by atoms with Crippen LogP contribution in [0.25, 0.3) is 11.3 Å². The molecule has 3 heteroatoms. The molecule has 66 valence electrons. The van der Waals surface area contributed by atoms with Crippen LogP contribution in [0.3, 0.4) is 0 Å². The van der Waals surface area contributed by atoms with Crippen LogP contribution in [0.1, 0.15) is 5.76 Å². The number of nitrogens with two attached hydrogens (primary N) is 1. The fourth-order valence-corrected chi connectivity index (χ4v) is 1.28. The minimum Gasteiger partial charge on any atom is -0.448 e. The summed E-state index contributed by atoms with van der Waals surface area (Å²) in [5.41, 5.74) is 8.26. The highest BCUT2D eigenvalue weighted by Gasteiger charge is 2.08. The standard InChI is InChI=1S/C10H10N2O/c1-7-10(12-6-13-7)8-4-2-3-5-9(8)11/h2-6H,11H2,1H3. The maximum atomic E-state index is 5.80. The Balaban J connectivity index is 2.59. The van der Waals surface area contributed by atoms with E-state index in [0.717, 1.165) is 22.7 Å². The van der Waals surface area contributed by atoms with Crippen molar-refractivity contribution in [3.05, 3.63) is 36.4 Å². The number of nitrogens with zero attached hydrogens (tertiary/aromatic N) is 1. The normalized spacial score (nSPS) is 10.2. The van der Waals surface area contributed by atoms with E-state index in [1.54, 1.807) is 0 Å². The molecule has 13 heavy (non-hydrogen) atoms. The monoisotopic (exact) mass is 174 g/mol. The van der Waals surface area contributed by atoms with Crippen LogP contribution in [0, 0.1) is 6.92 Å². The third kappa shape index (κ3) is 1.28. The van der Waals surface area contributed by atoms with E-state index in [9.17, 15) is 0 Å². The van der Waals surface area contributed by atoms with Crippen LogP contribution in [0.5, 0.6) is 0 Å². The molecular formula is C10H10N2O. The van der Waals surface area contributed by atoms with E-state index in [0.29, 0.717) is 0 Å². The van der Waals surface area contributed by atoms with Gasteiger partial charge in [-0.1, -0.05) is 18.2 Å². The summed E-state index contributed by atoms with van der Waals surface area (Å²) < 4.78 is 5.11. The summed E-state index contributed by atoms with van der Waals surface area (Å²) in [4.78, 5) is 4.10. The molecule has 0 fully saturated rings. The van der Waals surface area contributed by atoms with Gasteiger partial charge in [0.15, 0.2) is 6.39 Å². The lowest BCUT2D eigenvalue weighted by atomic mass is 10.1. The summed E-state index contributed by atoms with van der Waals surface area (Å²) in [6.07, 6.45) is 1.43. The van der Waals surface area contributed by atoms with E-state index in [1.807, 2.05) is 31.2 Å². The van der Waals surface area contributed by atoms with Crippen LogP contribution < -0.4 is 5.73 Å². The molecule has 0 aliphatic rings. The van der Waals surface area contributed by atoms with Crippen molar-refractivity contribution in [3.63, 3.8) is 0 Å². The highest BCUT2D eigenvalue weighted by atomic mass is 16.3. The van der Waals surface area contributed by atoms with Crippen LogP contribution >= 0.6 is 0 Å². The first-order chi connectivity index (χ1) is 6.29. The van der Waals surface area contributed by atoms with Gasteiger partial charge in [0.1, 0.15) is 11.5 Å². The fraction of sp³-hybridized carbons (Fsp3) is 0.100. The van der Waals surface area contributed by atoms with Gasteiger partial charge >= 0.3 is 0 Å². The van der Waals surface area contributed by atoms with Gasteiger partial charge in [-0.15, -0.1) is 0 Å². The topological polar surface area (TPSA) is 52.0 Å². The molecular weight excluding hydrogens is 164 g/mol. The number of aromatic nitrogens is 1. The van der Waals surface area contributed by atoms with E-state index < -0.39 is 0 Å². The second-order valence-corrected chi connectivity index (χ2v) is 2.84. The molecule has 0 saturated heterocycles. The van der Waals surface area contributed by atoms with Gasteiger partial charge in [-0.25, -0.2) is 4.98 Å². The summed E-state index contributed by atoms with van der Waals surface area (Å²) in [6, 6.07) is 7.61. The molecule has 1 aromatic heterocycles. The van der Waals surface area contributed by atoms with Gasteiger partial charge in [-0.2, -0.15) is 0 Å². The summed E-state index contributed by atoms with van der Waals surface area (Å²) >= 11 is 0. The van der Waals surface area contributed by atoms with Gasteiger partial charge in [0.25, 0.3) is 0 Å². The Hall–Kier alpha value is -1.77. The first-order valence-corrected chi connectivity index (χ1v) is 4.04. The van der Waals surface area contributed by atoms with Gasteiger partial charge in [0.2, 0.25) is 0 Å². The number of nitrogen functional groups attached to an aromatic ring is 1. The molecule has 0 radical (unpaired) electrons. The Morgan fingerprint density at radius 3 is 2.69 bits per heavy atom. The van der Waals surface area contributed by atoms with Crippen LogP contribution in [0.15, 0.2) is 35.1 Å². The lowest BCUT2D eigenvalue weighted by Gasteiger charge is -2.01. The lowest BCUT2D eigenvalue weighted by molar-refractivity contribution is 0.527. The summed E-state index contributed by atoms with van der Waals surface area (Å²) in [7, 11) is 0. The zero-order valence-electron chi connectivity index (χ0n) is 7.32. The lowest BCUT2D eigenvalue weighted by Crippen LogP contribution is -1.90. The highest BCUT2D eigenvalue weighted by molar-refractivity contribution is 5.74. The fourth-order valence-electron chi connectivity index (χ4n) is 1.28. The first kappa shape index (κ1) is 7.86. The van der Waals surface area contributed by atoms with E-state index >= 15 is 0 Å². The minimum atomic E-state index is 0.722. The first-order valence-electron chi connectivity index (χ1n) is 4.04. The Morgan fingerprint density at radius 1 is 1.31 bits per heavy atom. The molecule has 3 nitrogen and oxygen atoms in total. The molecule has 2 rings (SSSR count). The molecule has 2 N–H and O–H groups in total. The summed E-state index contributed by atoms with van der Waals surface area (Å²) in [6.45, 7) is 1.87. The van der Waals surface area contributed by atoms with Crippen LogP contribution in [0.4, 0.5) is 5.69 Å². The largest absolute Gasteiger partial charge is 0.448 e. The Labute approximate surface area is 76.2 Å². The quantitative estimate of drug-likeness (QED) is 0.674. The highest BCUT2D eigenvalue weighted by Crippen LogP contribution is 2.26. The molecule has 0 spiro atoms. The maximum absolute atomic E-state index is 5.80. The molecule has 0 bridgehead atoms. The average Bonchev–Trinajstić information content (AvgIpc) is 2.52. The van der Waals surface area contributed by atoms with Crippen molar-refractivity contribution in [1.29, 1.82) is 0 Å². The van der Waals surface area contributed by atoms with Crippen molar-refractivity contribution < 1.29 is 4.42 Å². The Bertz CT molecular complexity index is 420. The molecule has 0 saturated carbocycles. The van der Waals surface area contributed by atoms with E-state index in [-0.39, 0.29) is 0 Å². The van der Waals surface area contributed by atoms with Gasteiger partial charge in [-0.3, -0.25) is 0 Å². The number of anilines is 1. The second kappa shape index (κ2) is 2.94. The molecule has 0 unspecified atom stereocenters. The number of para-hydroxylation sites is 1. The van der Waals surface area contributed by atoms with Gasteiger partial charge in [0.05, 0.1) is 0 Å². The van der Waals surface area contributed by atoms with E-state index in [4.69, 9.17) is 10.2 Å². The third-order valence-corrected chi connectivity index (χ3v) is 1.96. The van der Waals surface area contributed by atoms with Crippen LogP contribution in [0.2, 0.25) is 0 Å². The van der Waals surface area contributed by atoms with Crippen LogP contribution in [-0.2, 0) is 0 Å². The number of oxazole rings is 1.